The van der Waals surface area contributed by atoms with E-state index in [0.717, 1.165) is 19.3 Å². The average Bonchev–Trinajstić information content (AvgIpc) is 2.39. The highest BCUT2D eigenvalue weighted by molar-refractivity contribution is 7.99. The maximum Gasteiger partial charge on any atom is 0.334 e. The number of thioether (sulfide) groups is 1. The Morgan fingerprint density at radius 3 is 1.62 bits per heavy atom. The van der Waals surface area contributed by atoms with Gasteiger partial charge >= 0.3 is 8.56 Å². The lowest BCUT2D eigenvalue weighted by molar-refractivity contribution is 0.189. The third-order valence-electron chi connectivity index (χ3n) is 4.11. The van der Waals surface area contributed by atoms with Crippen LogP contribution in [0.25, 0.3) is 0 Å². The van der Waals surface area contributed by atoms with E-state index in [2.05, 4.69) is 75.7 Å². The summed E-state index contributed by atoms with van der Waals surface area (Å²) in [5.74, 6) is 2.52. The van der Waals surface area contributed by atoms with Crippen LogP contribution in [0.2, 0.25) is 51.9 Å². The molecule has 0 saturated heterocycles. The zero-order valence-corrected chi connectivity index (χ0v) is 21.6. The van der Waals surface area contributed by atoms with Crippen LogP contribution in [-0.2, 0) is 8.85 Å². The lowest BCUT2D eigenvalue weighted by atomic mass is 10.5. The van der Waals surface area contributed by atoms with E-state index in [1.165, 1.54) is 30.9 Å². The summed E-state index contributed by atoms with van der Waals surface area (Å²) in [6.45, 7) is 24.2. The monoisotopic (exact) mass is 409 g/mol. The van der Waals surface area contributed by atoms with Gasteiger partial charge in [0.25, 0.3) is 0 Å². The van der Waals surface area contributed by atoms with Crippen molar-refractivity contribution in [2.45, 2.75) is 78.6 Å². The maximum absolute atomic E-state index is 5.91. The maximum atomic E-state index is 5.91. The number of nitrogens with zero attached hydrogens (tertiary/aromatic N) is 1. The van der Waals surface area contributed by atoms with Gasteiger partial charge in [-0.25, -0.2) is 0 Å². The van der Waals surface area contributed by atoms with Crippen LogP contribution in [0.4, 0.5) is 0 Å². The Kier molecular flexibility index (Phi) is 12.0. The Labute approximate surface area is 159 Å². The van der Waals surface area contributed by atoms with E-state index in [-0.39, 0.29) is 0 Å². The molecule has 0 amide bonds. The normalized spacial score (nSPS) is 13.8. The Morgan fingerprint density at radius 1 is 0.750 bits per heavy atom. The summed E-state index contributed by atoms with van der Waals surface area (Å²) in [5.41, 5.74) is 0. The zero-order valence-electron chi connectivity index (χ0n) is 17.8. The molecule has 0 aromatic heterocycles. The van der Waals surface area contributed by atoms with E-state index in [4.69, 9.17) is 8.85 Å². The summed E-state index contributed by atoms with van der Waals surface area (Å²) < 4.78 is 14.7. The molecule has 3 nitrogen and oxygen atoms in total. The van der Waals surface area contributed by atoms with Crippen molar-refractivity contribution < 1.29 is 8.85 Å². The van der Waals surface area contributed by atoms with Crippen LogP contribution in [-0.4, -0.2) is 60.5 Å². The third kappa shape index (κ3) is 10.8. The van der Waals surface area contributed by atoms with Crippen molar-refractivity contribution in [2.24, 2.45) is 0 Å². The van der Waals surface area contributed by atoms with Gasteiger partial charge in [-0.3, -0.25) is 0 Å². The molecule has 0 unspecified atom stereocenters. The minimum Gasteiger partial charge on any atom is -0.395 e. The summed E-state index contributed by atoms with van der Waals surface area (Å²) >= 11 is 2.11. The molecule has 0 aromatic rings. The summed E-state index contributed by atoms with van der Waals surface area (Å²) in [6, 6.07) is 1.12. The number of hydrogen-bond acceptors (Lipinski definition) is 4. The van der Waals surface area contributed by atoms with Crippen molar-refractivity contribution >= 4 is 36.8 Å². The van der Waals surface area contributed by atoms with Crippen molar-refractivity contribution in [3.63, 3.8) is 0 Å². The van der Waals surface area contributed by atoms with Crippen LogP contribution < -0.4 is 0 Å². The predicted octanol–water partition coefficient (Wildman–Crippen LogP) is 5.62. The third-order valence-corrected chi connectivity index (χ3v) is 16.0. The van der Waals surface area contributed by atoms with Gasteiger partial charge in [0.2, 0.25) is 0 Å². The molecule has 0 aliphatic carbocycles. The highest BCUT2D eigenvalue weighted by Crippen LogP contribution is 2.21. The minimum atomic E-state index is -1.90. The van der Waals surface area contributed by atoms with E-state index in [9.17, 15) is 0 Å². The standard InChI is InChI=1S/C17H43NO2SSi3/c1-10-19-24(9,20-11-2)17-13-16-21-15-12-14-18(22(3,4)5)23(6,7)8/h10-17H2,1-9H3. The molecule has 0 aromatic carbocycles. The SMILES string of the molecule is CCO[Si](C)(CCCSCCCN([Si](C)(C)C)[Si](C)(C)C)OCC. The molecular weight excluding hydrogens is 367 g/mol. The van der Waals surface area contributed by atoms with Gasteiger partial charge in [-0.1, -0.05) is 39.3 Å². The van der Waals surface area contributed by atoms with Gasteiger partial charge in [-0.05, 0) is 57.3 Å². The second-order valence-electron chi connectivity index (χ2n) is 8.56. The topological polar surface area (TPSA) is 21.7 Å². The zero-order chi connectivity index (χ0) is 18.9. The first kappa shape index (κ1) is 24.9. The molecule has 0 bridgehead atoms. The van der Waals surface area contributed by atoms with Gasteiger partial charge < -0.3 is 13.1 Å². The van der Waals surface area contributed by atoms with Crippen molar-refractivity contribution in [1.82, 2.24) is 4.23 Å². The Morgan fingerprint density at radius 2 is 1.21 bits per heavy atom. The lowest BCUT2D eigenvalue weighted by Gasteiger charge is -2.43. The summed E-state index contributed by atoms with van der Waals surface area (Å²) in [4.78, 5) is 0. The molecule has 0 N–H and O–H groups in total. The van der Waals surface area contributed by atoms with Crippen molar-refractivity contribution in [1.29, 1.82) is 0 Å². The molecule has 0 radical (unpaired) electrons. The van der Waals surface area contributed by atoms with E-state index in [0.29, 0.717) is 0 Å². The Bertz CT molecular complexity index is 313. The van der Waals surface area contributed by atoms with Gasteiger partial charge in [0.05, 0.1) is 0 Å². The Balaban J connectivity index is 4.02. The molecule has 0 fully saturated rings. The second kappa shape index (κ2) is 11.6. The molecule has 0 spiro atoms. The van der Waals surface area contributed by atoms with Gasteiger partial charge in [-0.15, -0.1) is 0 Å². The van der Waals surface area contributed by atoms with Crippen LogP contribution in [0, 0.1) is 0 Å². The number of hydrogen-bond donors (Lipinski definition) is 0. The summed E-state index contributed by atoms with van der Waals surface area (Å²) in [5, 5.41) is 0. The predicted molar refractivity (Wildman–Crippen MR) is 120 cm³/mol. The fourth-order valence-electron chi connectivity index (χ4n) is 3.40. The van der Waals surface area contributed by atoms with E-state index in [1.807, 2.05) is 0 Å². The van der Waals surface area contributed by atoms with Crippen LogP contribution in [0.5, 0.6) is 0 Å². The molecule has 0 heterocycles. The molecular formula is C17H43NO2SSi3. The first-order chi connectivity index (χ1) is 11.0. The second-order valence-corrected chi connectivity index (χ2v) is 23.3. The molecule has 7 heteroatoms. The van der Waals surface area contributed by atoms with Crippen LogP contribution in [0.15, 0.2) is 0 Å². The van der Waals surface area contributed by atoms with Crippen molar-refractivity contribution in [3.8, 4) is 0 Å². The minimum absolute atomic E-state index is 0.777. The lowest BCUT2D eigenvalue weighted by Crippen LogP contribution is -2.59. The Hall–Kier alpha value is 0.881. The van der Waals surface area contributed by atoms with Crippen molar-refractivity contribution in [3.05, 3.63) is 0 Å². The fraction of sp³-hybridized carbons (Fsp3) is 1.00. The summed E-state index contributed by atoms with van der Waals surface area (Å²) in [7, 11) is -4.26. The van der Waals surface area contributed by atoms with E-state index >= 15 is 0 Å². The molecule has 0 aliphatic heterocycles. The van der Waals surface area contributed by atoms with E-state index < -0.39 is 25.0 Å². The van der Waals surface area contributed by atoms with Gasteiger partial charge in [-0.2, -0.15) is 11.8 Å². The largest absolute Gasteiger partial charge is 0.395 e. The highest BCUT2D eigenvalue weighted by Gasteiger charge is 2.33. The smallest absolute Gasteiger partial charge is 0.334 e. The van der Waals surface area contributed by atoms with E-state index in [1.54, 1.807) is 0 Å². The molecule has 0 atom stereocenters. The van der Waals surface area contributed by atoms with Gasteiger partial charge in [0.1, 0.15) is 16.5 Å². The first-order valence-electron chi connectivity index (χ1n) is 9.59. The number of rotatable bonds is 14. The highest BCUT2D eigenvalue weighted by atomic mass is 32.2. The van der Waals surface area contributed by atoms with Crippen molar-refractivity contribution in [2.75, 3.05) is 31.3 Å². The van der Waals surface area contributed by atoms with Crippen LogP contribution >= 0.6 is 11.8 Å². The quantitative estimate of drug-likeness (QED) is 0.274. The van der Waals surface area contributed by atoms with Crippen LogP contribution in [0.1, 0.15) is 26.7 Å². The van der Waals surface area contributed by atoms with Gasteiger partial charge in [0.15, 0.2) is 0 Å². The molecule has 0 rings (SSSR count). The summed E-state index contributed by atoms with van der Waals surface area (Å²) in [6.07, 6.45) is 2.55. The van der Waals surface area contributed by atoms with Gasteiger partial charge in [0, 0.05) is 13.2 Å². The molecule has 146 valence electrons. The van der Waals surface area contributed by atoms with Crippen LogP contribution in [0.3, 0.4) is 0 Å². The fourth-order valence-corrected chi connectivity index (χ4v) is 16.7. The first-order valence-corrected chi connectivity index (χ1v) is 20.2. The molecule has 0 aliphatic rings. The molecule has 0 saturated carbocycles. The molecule has 24 heavy (non-hydrogen) atoms. The average molecular weight is 410 g/mol.